The minimum Gasteiger partial charge on any atom is -0.361 e. The molecule has 9 heteroatoms. The molecule has 1 aliphatic rings. The largest absolute Gasteiger partial charge is 0.361 e. The number of piperidine rings is 1. The number of nitrogens with zero attached hydrogens (tertiary/aromatic N) is 4. The molecule has 1 saturated heterocycles. The van der Waals surface area contributed by atoms with E-state index in [9.17, 15) is 8.78 Å². The Morgan fingerprint density at radius 1 is 1.20 bits per heavy atom. The van der Waals surface area contributed by atoms with Crippen LogP contribution in [0.2, 0.25) is 0 Å². The molecule has 0 bridgehead atoms. The van der Waals surface area contributed by atoms with E-state index in [0.29, 0.717) is 23.6 Å². The number of fused-ring (bicyclic) bond motifs is 2. The fraction of sp³-hybridized carbons (Fsp3) is 0.238. The van der Waals surface area contributed by atoms with Gasteiger partial charge >= 0.3 is 0 Å². The van der Waals surface area contributed by atoms with Crippen LogP contribution in [0.25, 0.3) is 32.9 Å². The summed E-state index contributed by atoms with van der Waals surface area (Å²) in [6.45, 7) is 0.109. The normalized spacial score (nSPS) is 18.4. The summed E-state index contributed by atoms with van der Waals surface area (Å²) < 4.78 is 27.4. The van der Waals surface area contributed by atoms with Gasteiger partial charge < -0.3 is 15.6 Å². The summed E-state index contributed by atoms with van der Waals surface area (Å²) in [5.41, 5.74) is 3.76. The van der Waals surface area contributed by atoms with Crippen molar-refractivity contribution in [3.63, 3.8) is 0 Å². The van der Waals surface area contributed by atoms with E-state index < -0.39 is 12.0 Å². The van der Waals surface area contributed by atoms with Crippen molar-refractivity contribution >= 4 is 27.8 Å². The van der Waals surface area contributed by atoms with E-state index in [0.717, 1.165) is 27.4 Å². The predicted octanol–water partition coefficient (Wildman–Crippen LogP) is 3.45. The van der Waals surface area contributed by atoms with Crippen molar-refractivity contribution in [3.8, 4) is 17.2 Å². The number of hydrogen-bond donors (Lipinski definition) is 3. The monoisotopic (exact) mass is 405 g/mol. The third-order valence-corrected chi connectivity index (χ3v) is 5.24. The first-order chi connectivity index (χ1) is 14.5. The SMILES string of the molecule is N#Cc1ccc2c(-c3cncc4cnc(NC5CNCC(F)(F)C5)nc34)c[nH]c2c1. The van der Waals surface area contributed by atoms with Crippen LogP contribution >= 0.6 is 0 Å². The molecule has 5 rings (SSSR count). The van der Waals surface area contributed by atoms with Crippen LogP contribution in [-0.2, 0) is 0 Å². The van der Waals surface area contributed by atoms with Gasteiger partial charge in [0.05, 0.1) is 23.7 Å². The molecule has 150 valence electrons. The van der Waals surface area contributed by atoms with E-state index in [1.54, 1.807) is 30.7 Å². The molecule has 3 aromatic heterocycles. The van der Waals surface area contributed by atoms with E-state index in [1.165, 1.54) is 0 Å². The van der Waals surface area contributed by atoms with Crippen molar-refractivity contribution in [2.45, 2.75) is 18.4 Å². The van der Waals surface area contributed by atoms with Gasteiger partial charge in [-0.05, 0) is 12.1 Å². The van der Waals surface area contributed by atoms with Gasteiger partial charge in [0.25, 0.3) is 5.92 Å². The van der Waals surface area contributed by atoms with E-state index >= 15 is 0 Å². The highest BCUT2D eigenvalue weighted by Crippen LogP contribution is 2.33. The summed E-state index contributed by atoms with van der Waals surface area (Å²) in [5, 5.41) is 16.6. The van der Waals surface area contributed by atoms with Crippen LogP contribution in [0.3, 0.4) is 0 Å². The lowest BCUT2D eigenvalue weighted by molar-refractivity contribution is -0.0244. The number of benzene rings is 1. The van der Waals surface area contributed by atoms with Gasteiger partial charge in [-0.2, -0.15) is 5.26 Å². The number of hydrogen-bond acceptors (Lipinski definition) is 6. The number of pyridine rings is 1. The molecule has 1 unspecified atom stereocenters. The van der Waals surface area contributed by atoms with Gasteiger partial charge in [-0.3, -0.25) is 4.98 Å². The lowest BCUT2D eigenvalue weighted by Crippen LogP contribution is -2.49. The summed E-state index contributed by atoms with van der Waals surface area (Å²) in [5.74, 6) is -2.46. The third-order valence-electron chi connectivity index (χ3n) is 5.24. The van der Waals surface area contributed by atoms with Crippen LogP contribution in [0.15, 0.2) is 43.0 Å². The van der Waals surface area contributed by atoms with Gasteiger partial charge in [0.1, 0.15) is 0 Å². The zero-order chi connectivity index (χ0) is 20.7. The quantitative estimate of drug-likeness (QED) is 0.483. The van der Waals surface area contributed by atoms with Gasteiger partial charge in [0, 0.05) is 71.2 Å². The Bertz CT molecular complexity index is 1290. The molecule has 3 N–H and O–H groups in total. The van der Waals surface area contributed by atoms with Crippen LogP contribution in [0, 0.1) is 11.3 Å². The maximum atomic E-state index is 13.7. The number of nitriles is 1. The van der Waals surface area contributed by atoms with Crippen molar-refractivity contribution in [3.05, 3.63) is 48.5 Å². The fourth-order valence-corrected chi connectivity index (χ4v) is 3.86. The van der Waals surface area contributed by atoms with Gasteiger partial charge in [-0.25, -0.2) is 18.7 Å². The molecule has 1 atom stereocenters. The molecule has 1 aromatic carbocycles. The molecule has 0 saturated carbocycles. The van der Waals surface area contributed by atoms with Gasteiger partial charge in [0.15, 0.2) is 0 Å². The molecular weight excluding hydrogens is 388 g/mol. The second kappa shape index (κ2) is 7.00. The van der Waals surface area contributed by atoms with Gasteiger partial charge in [0.2, 0.25) is 5.95 Å². The summed E-state index contributed by atoms with van der Waals surface area (Å²) in [6.07, 6.45) is 6.60. The molecule has 0 aliphatic carbocycles. The average molecular weight is 405 g/mol. The Kier molecular flexibility index (Phi) is 4.29. The zero-order valence-electron chi connectivity index (χ0n) is 15.8. The molecule has 4 heterocycles. The molecule has 1 fully saturated rings. The smallest absolute Gasteiger partial charge is 0.262 e. The topological polar surface area (TPSA) is 102 Å². The van der Waals surface area contributed by atoms with Gasteiger partial charge in [-0.15, -0.1) is 0 Å². The second-order valence-electron chi connectivity index (χ2n) is 7.43. The minimum atomic E-state index is -2.76. The summed E-state index contributed by atoms with van der Waals surface area (Å²) >= 11 is 0. The number of halogens is 2. The Morgan fingerprint density at radius 2 is 2.10 bits per heavy atom. The van der Waals surface area contributed by atoms with Gasteiger partial charge in [-0.1, -0.05) is 6.07 Å². The maximum absolute atomic E-state index is 13.7. The van der Waals surface area contributed by atoms with E-state index in [-0.39, 0.29) is 13.0 Å². The van der Waals surface area contributed by atoms with Crippen LogP contribution in [-0.4, -0.2) is 45.0 Å². The number of rotatable bonds is 3. The number of nitrogens with one attached hydrogen (secondary N) is 3. The number of H-pyrrole nitrogens is 1. The molecule has 1 aliphatic heterocycles. The van der Waals surface area contributed by atoms with Crippen molar-refractivity contribution < 1.29 is 8.78 Å². The summed E-state index contributed by atoms with van der Waals surface area (Å²) in [6, 6.07) is 7.10. The average Bonchev–Trinajstić information content (AvgIpc) is 3.15. The Hall–Kier alpha value is -3.64. The Morgan fingerprint density at radius 3 is 2.93 bits per heavy atom. The summed E-state index contributed by atoms with van der Waals surface area (Å²) in [7, 11) is 0. The number of alkyl halides is 2. The third kappa shape index (κ3) is 3.31. The number of aromatic nitrogens is 4. The lowest BCUT2D eigenvalue weighted by Gasteiger charge is -2.30. The van der Waals surface area contributed by atoms with Crippen molar-refractivity contribution in [1.82, 2.24) is 25.3 Å². The predicted molar refractivity (Wildman–Crippen MR) is 109 cm³/mol. The molecule has 0 radical (unpaired) electrons. The van der Waals surface area contributed by atoms with E-state index in [4.69, 9.17) is 5.26 Å². The lowest BCUT2D eigenvalue weighted by atomic mass is 10.0. The fourth-order valence-electron chi connectivity index (χ4n) is 3.86. The highest BCUT2D eigenvalue weighted by atomic mass is 19.3. The van der Waals surface area contributed by atoms with Crippen LogP contribution in [0.4, 0.5) is 14.7 Å². The molecule has 0 spiro atoms. The number of aromatic amines is 1. The van der Waals surface area contributed by atoms with E-state index in [2.05, 4.69) is 36.6 Å². The van der Waals surface area contributed by atoms with Crippen LogP contribution in [0.5, 0.6) is 0 Å². The Balaban J connectivity index is 1.55. The minimum absolute atomic E-state index is 0.270. The highest BCUT2D eigenvalue weighted by molar-refractivity contribution is 6.03. The molecule has 7 nitrogen and oxygen atoms in total. The van der Waals surface area contributed by atoms with Crippen LogP contribution in [0.1, 0.15) is 12.0 Å². The summed E-state index contributed by atoms with van der Waals surface area (Å²) in [4.78, 5) is 16.4. The molecule has 4 aromatic rings. The highest BCUT2D eigenvalue weighted by Gasteiger charge is 2.36. The standard InChI is InChI=1S/C21H17F2N7/c22-21(23)4-14(8-26-11-21)29-20-28-7-13-6-25-9-17(19(13)30-20)16-10-27-18-3-12(5-24)1-2-15(16)18/h1-3,6-7,9-10,14,26-27H,4,8,11H2,(H,28,29,30). The first-order valence-electron chi connectivity index (χ1n) is 9.50. The molecule has 30 heavy (non-hydrogen) atoms. The second-order valence-corrected chi connectivity index (χ2v) is 7.43. The first-order valence-corrected chi connectivity index (χ1v) is 9.50. The number of anilines is 1. The van der Waals surface area contributed by atoms with E-state index in [1.807, 2.05) is 12.3 Å². The molecule has 0 amide bonds. The zero-order valence-corrected chi connectivity index (χ0v) is 15.8. The molecular formula is C21H17F2N7. The maximum Gasteiger partial charge on any atom is 0.262 e. The van der Waals surface area contributed by atoms with Crippen molar-refractivity contribution in [2.24, 2.45) is 0 Å². The van der Waals surface area contributed by atoms with Crippen molar-refractivity contribution in [2.75, 3.05) is 18.4 Å². The first kappa shape index (κ1) is 18.4. The van der Waals surface area contributed by atoms with Crippen molar-refractivity contribution in [1.29, 1.82) is 5.26 Å². The van der Waals surface area contributed by atoms with Crippen LogP contribution < -0.4 is 10.6 Å². The Labute approximate surface area is 170 Å².